The predicted molar refractivity (Wildman–Crippen MR) is 88.0 cm³/mol. The molecule has 0 fully saturated rings. The molecule has 1 amide bonds. The van der Waals surface area contributed by atoms with Crippen molar-refractivity contribution < 1.29 is 14.3 Å². The molecule has 0 radical (unpaired) electrons. The Morgan fingerprint density at radius 1 is 1.17 bits per heavy atom. The fourth-order valence-electron chi connectivity index (χ4n) is 1.76. The second-order valence-corrected chi connectivity index (χ2v) is 4.53. The molecule has 1 heterocycles. The number of nitrogens with zero attached hydrogens (tertiary/aromatic N) is 2. The summed E-state index contributed by atoms with van der Waals surface area (Å²) in [4.78, 5) is 15.7. The summed E-state index contributed by atoms with van der Waals surface area (Å²) in [6, 6.07) is 8.88. The molecule has 23 heavy (non-hydrogen) atoms. The molecule has 7 heteroatoms. The molecule has 0 saturated carbocycles. The number of amides is 1. The summed E-state index contributed by atoms with van der Waals surface area (Å²) in [6.45, 7) is 0.0734. The Balaban J connectivity index is 1.85. The first-order valence-corrected chi connectivity index (χ1v) is 6.90. The first-order valence-electron chi connectivity index (χ1n) is 6.90. The van der Waals surface area contributed by atoms with Crippen molar-refractivity contribution in [2.24, 2.45) is 5.10 Å². The molecule has 0 saturated heterocycles. The number of hydrogen-bond acceptors (Lipinski definition) is 6. The SMILES string of the molecule is COc1cc(NCC(=O)NN=Cc2ccncc2)cc(OC)c1. The molecule has 0 aliphatic carbocycles. The van der Waals surface area contributed by atoms with Crippen LogP contribution in [0, 0.1) is 0 Å². The number of carbonyl (C=O) groups excluding carboxylic acids is 1. The molecule has 0 aliphatic heterocycles. The molecule has 2 aromatic rings. The van der Waals surface area contributed by atoms with Gasteiger partial charge in [0.2, 0.25) is 0 Å². The maximum Gasteiger partial charge on any atom is 0.259 e. The summed E-state index contributed by atoms with van der Waals surface area (Å²) in [5.74, 6) is 1.02. The van der Waals surface area contributed by atoms with E-state index < -0.39 is 0 Å². The Hall–Kier alpha value is -3.09. The predicted octanol–water partition coefficient (Wildman–Crippen LogP) is 1.66. The van der Waals surface area contributed by atoms with Crippen LogP contribution in [-0.2, 0) is 4.79 Å². The maximum absolute atomic E-state index is 11.8. The highest BCUT2D eigenvalue weighted by atomic mass is 16.5. The van der Waals surface area contributed by atoms with Crippen LogP contribution in [0.2, 0.25) is 0 Å². The lowest BCUT2D eigenvalue weighted by atomic mass is 10.2. The van der Waals surface area contributed by atoms with Crippen molar-refractivity contribution in [3.8, 4) is 11.5 Å². The number of hydrazone groups is 1. The van der Waals surface area contributed by atoms with Crippen molar-refractivity contribution >= 4 is 17.8 Å². The monoisotopic (exact) mass is 314 g/mol. The van der Waals surface area contributed by atoms with Gasteiger partial charge in [-0.25, -0.2) is 5.43 Å². The van der Waals surface area contributed by atoms with E-state index in [0.717, 1.165) is 11.3 Å². The van der Waals surface area contributed by atoms with Gasteiger partial charge in [-0.05, 0) is 17.7 Å². The van der Waals surface area contributed by atoms with Gasteiger partial charge in [-0.1, -0.05) is 0 Å². The van der Waals surface area contributed by atoms with Gasteiger partial charge >= 0.3 is 0 Å². The molecular formula is C16H18N4O3. The van der Waals surface area contributed by atoms with Crippen LogP contribution in [0.1, 0.15) is 5.56 Å². The van der Waals surface area contributed by atoms with E-state index in [-0.39, 0.29) is 12.5 Å². The number of aromatic nitrogens is 1. The van der Waals surface area contributed by atoms with Gasteiger partial charge in [0.1, 0.15) is 11.5 Å². The van der Waals surface area contributed by atoms with Crippen LogP contribution in [0.15, 0.2) is 47.8 Å². The molecule has 2 rings (SSSR count). The van der Waals surface area contributed by atoms with Gasteiger partial charge in [0, 0.05) is 36.3 Å². The molecule has 2 N–H and O–H groups in total. The van der Waals surface area contributed by atoms with E-state index in [9.17, 15) is 4.79 Å². The Labute approximate surface area is 134 Å². The number of anilines is 1. The van der Waals surface area contributed by atoms with Crippen molar-refractivity contribution in [2.45, 2.75) is 0 Å². The highest BCUT2D eigenvalue weighted by Crippen LogP contribution is 2.25. The lowest BCUT2D eigenvalue weighted by Gasteiger charge is -2.10. The molecule has 0 spiro atoms. The molecule has 120 valence electrons. The number of pyridine rings is 1. The van der Waals surface area contributed by atoms with E-state index in [2.05, 4.69) is 20.8 Å². The quantitative estimate of drug-likeness (QED) is 0.600. The zero-order chi connectivity index (χ0) is 16.5. The molecule has 0 atom stereocenters. The average Bonchev–Trinajstić information content (AvgIpc) is 2.60. The third-order valence-electron chi connectivity index (χ3n) is 2.91. The third-order valence-corrected chi connectivity index (χ3v) is 2.91. The number of carbonyl (C=O) groups is 1. The third kappa shape index (κ3) is 5.31. The average molecular weight is 314 g/mol. The highest BCUT2D eigenvalue weighted by Gasteiger charge is 2.04. The van der Waals surface area contributed by atoms with E-state index in [1.165, 1.54) is 0 Å². The van der Waals surface area contributed by atoms with Crippen LogP contribution in [-0.4, -0.2) is 37.9 Å². The second-order valence-electron chi connectivity index (χ2n) is 4.53. The maximum atomic E-state index is 11.8. The topological polar surface area (TPSA) is 84.8 Å². The Kier molecular flexibility index (Phi) is 5.93. The van der Waals surface area contributed by atoms with E-state index in [4.69, 9.17) is 9.47 Å². The van der Waals surface area contributed by atoms with E-state index in [0.29, 0.717) is 11.5 Å². The summed E-state index contributed by atoms with van der Waals surface area (Å²) < 4.78 is 10.3. The first-order chi connectivity index (χ1) is 11.2. The molecule has 1 aromatic heterocycles. The zero-order valence-electron chi connectivity index (χ0n) is 12.9. The first kappa shape index (κ1) is 16.3. The van der Waals surface area contributed by atoms with Gasteiger partial charge in [-0.15, -0.1) is 0 Å². The second kappa shape index (κ2) is 8.38. The zero-order valence-corrected chi connectivity index (χ0v) is 12.9. The number of ether oxygens (including phenoxy) is 2. The minimum atomic E-state index is -0.267. The van der Waals surface area contributed by atoms with Gasteiger partial charge in [0.25, 0.3) is 5.91 Å². The van der Waals surface area contributed by atoms with Gasteiger partial charge in [-0.2, -0.15) is 5.10 Å². The number of benzene rings is 1. The Morgan fingerprint density at radius 3 is 2.43 bits per heavy atom. The van der Waals surface area contributed by atoms with Crippen LogP contribution >= 0.6 is 0 Å². The molecule has 7 nitrogen and oxygen atoms in total. The van der Waals surface area contributed by atoms with Crippen molar-refractivity contribution in [3.63, 3.8) is 0 Å². The van der Waals surface area contributed by atoms with Crippen molar-refractivity contribution in [1.82, 2.24) is 10.4 Å². The van der Waals surface area contributed by atoms with Crippen molar-refractivity contribution in [1.29, 1.82) is 0 Å². The highest BCUT2D eigenvalue weighted by molar-refractivity contribution is 5.84. The standard InChI is InChI=1S/C16H18N4O3/c1-22-14-7-13(8-15(9-14)23-2)18-11-16(21)20-19-10-12-3-5-17-6-4-12/h3-10,18H,11H2,1-2H3,(H,20,21). The van der Waals surface area contributed by atoms with Crippen LogP contribution in [0.25, 0.3) is 0 Å². The van der Waals surface area contributed by atoms with Crippen molar-refractivity contribution in [2.75, 3.05) is 26.1 Å². The smallest absolute Gasteiger partial charge is 0.259 e. The number of nitrogens with one attached hydrogen (secondary N) is 2. The van der Waals surface area contributed by atoms with Crippen LogP contribution in [0.5, 0.6) is 11.5 Å². The van der Waals surface area contributed by atoms with Crippen LogP contribution in [0.4, 0.5) is 5.69 Å². The summed E-state index contributed by atoms with van der Waals surface area (Å²) >= 11 is 0. The summed E-state index contributed by atoms with van der Waals surface area (Å²) in [7, 11) is 3.14. The minimum Gasteiger partial charge on any atom is -0.497 e. The van der Waals surface area contributed by atoms with E-state index in [1.54, 1.807) is 63.2 Å². The molecule has 1 aromatic carbocycles. The number of rotatable bonds is 7. The van der Waals surface area contributed by atoms with E-state index in [1.807, 2.05) is 0 Å². The normalized spacial score (nSPS) is 10.3. The Morgan fingerprint density at radius 2 is 1.83 bits per heavy atom. The van der Waals surface area contributed by atoms with Crippen LogP contribution < -0.4 is 20.2 Å². The fourth-order valence-corrected chi connectivity index (χ4v) is 1.76. The summed E-state index contributed by atoms with van der Waals surface area (Å²) in [5.41, 5.74) is 4.01. The molecule has 0 bridgehead atoms. The van der Waals surface area contributed by atoms with E-state index >= 15 is 0 Å². The largest absolute Gasteiger partial charge is 0.497 e. The lowest BCUT2D eigenvalue weighted by Crippen LogP contribution is -2.25. The molecular weight excluding hydrogens is 296 g/mol. The minimum absolute atomic E-state index is 0.0734. The van der Waals surface area contributed by atoms with Crippen molar-refractivity contribution in [3.05, 3.63) is 48.3 Å². The van der Waals surface area contributed by atoms with Crippen LogP contribution in [0.3, 0.4) is 0 Å². The van der Waals surface area contributed by atoms with Gasteiger partial charge in [-0.3, -0.25) is 9.78 Å². The van der Waals surface area contributed by atoms with Gasteiger partial charge in [0.15, 0.2) is 0 Å². The fraction of sp³-hybridized carbons (Fsp3) is 0.188. The molecule has 0 unspecified atom stereocenters. The Bertz CT molecular complexity index is 652. The molecule has 0 aliphatic rings. The van der Waals surface area contributed by atoms with Gasteiger partial charge < -0.3 is 14.8 Å². The lowest BCUT2D eigenvalue weighted by molar-refractivity contribution is -0.119. The number of hydrogen-bond donors (Lipinski definition) is 2. The van der Waals surface area contributed by atoms with Gasteiger partial charge in [0.05, 0.1) is 27.0 Å². The number of methoxy groups -OCH3 is 2. The summed E-state index contributed by atoms with van der Waals surface area (Å²) in [5, 5.41) is 6.87. The summed E-state index contributed by atoms with van der Waals surface area (Å²) in [6.07, 6.45) is 4.86.